The molecule has 2 heterocycles. The third-order valence-electron chi connectivity index (χ3n) is 4.93. The Hall–Kier alpha value is -2.65. The highest BCUT2D eigenvalue weighted by Gasteiger charge is 2.41. The Morgan fingerprint density at radius 2 is 1.96 bits per heavy atom. The van der Waals surface area contributed by atoms with E-state index < -0.39 is 26.8 Å². The second-order valence-electron chi connectivity index (χ2n) is 7.21. The van der Waals surface area contributed by atoms with Gasteiger partial charge in [-0.25, -0.2) is 17.9 Å². The van der Waals surface area contributed by atoms with Gasteiger partial charge in [-0.05, 0) is 44.0 Å². The number of nitrogens with one attached hydrogen (secondary N) is 1. The Morgan fingerprint density at radius 3 is 2.59 bits per heavy atom. The summed E-state index contributed by atoms with van der Waals surface area (Å²) in [6, 6.07) is 5.90. The fourth-order valence-electron chi connectivity index (χ4n) is 3.04. The summed E-state index contributed by atoms with van der Waals surface area (Å²) in [6.07, 6.45) is 4.48. The summed E-state index contributed by atoms with van der Waals surface area (Å²) in [6.45, 7) is 1.89. The van der Waals surface area contributed by atoms with Crippen LogP contribution in [0.3, 0.4) is 0 Å². The molecule has 0 saturated heterocycles. The van der Waals surface area contributed by atoms with E-state index in [0.717, 1.165) is 17.4 Å². The van der Waals surface area contributed by atoms with Crippen molar-refractivity contribution in [2.75, 3.05) is 0 Å². The van der Waals surface area contributed by atoms with Crippen molar-refractivity contribution in [1.82, 2.24) is 13.9 Å². The van der Waals surface area contributed by atoms with Crippen molar-refractivity contribution in [2.24, 2.45) is 7.05 Å². The van der Waals surface area contributed by atoms with Crippen LogP contribution in [-0.4, -0.2) is 23.1 Å². The first kappa shape index (κ1) is 17.7. The average Bonchev–Trinajstić information content (AvgIpc) is 3.12. The number of furan rings is 1. The van der Waals surface area contributed by atoms with Crippen LogP contribution in [0, 0.1) is 0 Å². The summed E-state index contributed by atoms with van der Waals surface area (Å²) in [5, 5.41) is 0.171. The van der Waals surface area contributed by atoms with E-state index in [1.165, 1.54) is 35.3 Å². The summed E-state index contributed by atoms with van der Waals surface area (Å²) in [7, 11) is -2.20. The maximum Gasteiger partial charge on any atom is 0.331 e. The highest BCUT2D eigenvalue weighted by Crippen LogP contribution is 2.36. The van der Waals surface area contributed by atoms with Gasteiger partial charge in [-0.1, -0.05) is 0 Å². The number of nitrogens with zero attached hydrogens (tertiary/aromatic N) is 2. The maximum atomic E-state index is 12.9. The molecule has 1 aliphatic carbocycles. The van der Waals surface area contributed by atoms with Crippen LogP contribution in [0.5, 0.6) is 0 Å². The lowest BCUT2D eigenvalue weighted by Gasteiger charge is -2.14. The minimum Gasteiger partial charge on any atom is -0.472 e. The SMILES string of the molecule is Cn1c(=O)n(Cc2ccoc2)c(=O)c2cc(S(=O)(=O)NC3(C)CC3)ccc21. The second kappa shape index (κ2) is 5.93. The third-order valence-corrected chi connectivity index (χ3v) is 6.57. The molecule has 4 rings (SSSR count). The molecule has 0 spiro atoms. The fourth-order valence-corrected chi connectivity index (χ4v) is 4.53. The van der Waals surface area contributed by atoms with Crippen LogP contribution in [-0.2, 0) is 23.6 Å². The summed E-state index contributed by atoms with van der Waals surface area (Å²) < 4.78 is 35.3. The van der Waals surface area contributed by atoms with Gasteiger partial charge in [-0.15, -0.1) is 0 Å². The zero-order valence-electron chi connectivity index (χ0n) is 14.9. The normalized spacial score (nSPS) is 15.9. The standard InChI is InChI=1S/C18H19N3O5S/c1-18(6-7-18)19-27(24,25)13-3-4-15-14(9-13)16(22)21(17(23)20(15)2)10-12-5-8-26-11-12/h3-5,8-9,11,19H,6-7,10H2,1-2H3. The van der Waals surface area contributed by atoms with Gasteiger partial charge < -0.3 is 4.42 Å². The number of aryl methyl sites for hydroxylation is 1. The number of rotatable bonds is 5. The maximum absolute atomic E-state index is 12.9. The number of sulfonamides is 1. The molecule has 2 aromatic heterocycles. The molecule has 1 N–H and O–H groups in total. The quantitative estimate of drug-likeness (QED) is 0.706. The Bertz CT molecular complexity index is 1250. The molecule has 0 unspecified atom stereocenters. The predicted octanol–water partition coefficient (Wildman–Crippen LogP) is 1.17. The molecule has 1 fully saturated rings. The van der Waals surface area contributed by atoms with Gasteiger partial charge in [0.2, 0.25) is 10.0 Å². The Labute approximate surface area is 155 Å². The molecular weight excluding hydrogens is 370 g/mol. The Balaban J connectivity index is 1.87. The van der Waals surface area contributed by atoms with Crippen molar-refractivity contribution in [2.45, 2.75) is 36.7 Å². The summed E-state index contributed by atoms with van der Waals surface area (Å²) in [5.41, 5.74) is -0.388. The highest BCUT2D eigenvalue weighted by molar-refractivity contribution is 7.89. The highest BCUT2D eigenvalue weighted by atomic mass is 32.2. The van der Waals surface area contributed by atoms with Gasteiger partial charge in [0.15, 0.2) is 0 Å². The van der Waals surface area contributed by atoms with E-state index in [9.17, 15) is 18.0 Å². The molecule has 0 amide bonds. The Kier molecular flexibility index (Phi) is 3.90. The van der Waals surface area contributed by atoms with Crippen molar-refractivity contribution in [3.63, 3.8) is 0 Å². The van der Waals surface area contributed by atoms with Crippen LogP contribution < -0.4 is 16.0 Å². The predicted molar refractivity (Wildman–Crippen MR) is 99.2 cm³/mol. The molecule has 0 aliphatic heterocycles. The van der Waals surface area contributed by atoms with Crippen molar-refractivity contribution < 1.29 is 12.8 Å². The van der Waals surface area contributed by atoms with E-state index in [2.05, 4.69) is 4.72 Å². The third kappa shape index (κ3) is 3.13. The van der Waals surface area contributed by atoms with E-state index in [4.69, 9.17) is 4.42 Å². The first-order valence-electron chi connectivity index (χ1n) is 8.49. The molecule has 142 valence electrons. The van der Waals surface area contributed by atoms with Gasteiger partial charge in [0, 0.05) is 18.2 Å². The zero-order chi connectivity index (χ0) is 19.4. The molecule has 27 heavy (non-hydrogen) atoms. The first-order chi connectivity index (χ1) is 12.7. The van der Waals surface area contributed by atoms with Crippen LogP contribution in [0.15, 0.2) is 55.7 Å². The second-order valence-corrected chi connectivity index (χ2v) is 8.89. The minimum absolute atomic E-state index is 0.00809. The lowest BCUT2D eigenvalue weighted by Crippen LogP contribution is -2.39. The Morgan fingerprint density at radius 1 is 1.22 bits per heavy atom. The van der Waals surface area contributed by atoms with E-state index in [-0.39, 0.29) is 16.8 Å². The summed E-state index contributed by atoms with van der Waals surface area (Å²) in [5.74, 6) is 0. The van der Waals surface area contributed by atoms with Crippen LogP contribution in [0.1, 0.15) is 25.3 Å². The molecule has 0 bridgehead atoms. The van der Waals surface area contributed by atoms with Gasteiger partial charge in [0.25, 0.3) is 5.56 Å². The molecule has 1 aliphatic rings. The monoisotopic (exact) mass is 389 g/mol. The molecule has 1 aromatic carbocycles. The number of hydrogen-bond donors (Lipinski definition) is 1. The van der Waals surface area contributed by atoms with E-state index in [0.29, 0.717) is 11.1 Å². The van der Waals surface area contributed by atoms with Gasteiger partial charge in [-0.3, -0.25) is 13.9 Å². The van der Waals surface area contributed by atoms with Crippen molar-refractivity contribution in [3.05, 3.63) is 63.2 Å². The molecular formula is C18H19N3O5S. The van der Waals surface area contributed by atoms with Crippen LogP contribution in [0.4, 0.5) is 0 Å². The van der Waals surface area contributed by atoms with Crippen molar-refractivity contribution in [3.8, 4) is 0 Å². The molecule has 8 nitrogen and oxygen atoms in total. The van der Waals surface area contributed by atoms with Crippen molar-refractivity contribution in [1.29, 1.82) is 0 Å². The number of hydrogen-bond acceptors (Lipinski definition) is 5. The van der Waals surface area contributed by atoms with Crippen LogP contribution >= 0.6 is 0 Å². The molecule has 0 atom stereocenters. The minimum atomic E-state index is -3.75. The van der Waals surface area contributed by atoms with E-state index in [1.54, 1.807) is 13.1 Å². The van der Waals surface area contributed by atoms with Crippen molar-refractivity contribution >= 4 is 20.9 Å². The van der Waals surface area contributed by atoms with Gasteiger partial charge in [0.05, 0.1) is 34.9 Å². The lowest BCUT2D eigenvalue weighted by molar-refractivity contribution is 0.558. The van der Waals surface area contributed by atoms with Gasteiger partial charge in [0.1, 0.15) is 0 Å². The summed E-state index contributed by atoms with van der Waals surface area (Å²) in [4.78, 5) is 25.5. The van der Waals surface area contributed by atoms with E-state index in [1.807, 2.05) is 6.92 Å². The zero-order valence-corrected chi connectivity index (χ0v) is 15.7. The number of benzene rings is 1. The summed E-state index contributed by atoms with van der Waals surface area (Å²) >= 11 is 0. The average molecular weight is 389 g/mol. The number of aromatic nitrogens is 2. The smallest absolute Gasteiger partial charge is 0.331 e. The van der Waals surface area contributed by atoms with E-state index >= 15 is 0 Å². The fraction of sp³-hybridized carbons (Fsp3) is 0.333. The topological polar surface area (TPSA) is 103 Å². The van der Waals surface area contributed by atoms with Gasteiger partial charge in [-0.2, -0.15) is 0 Å². The molecule has 0 radical (unpaired) electrons. The van der Waals surface area contributed by atoms with Gasteiger partial charge >= 0.3 is 5.69 Å². The number of fused-ring (bicyclic) bond motifs is 1. The first-order valence-corrected chi connectivity index (χ1v) is 9.97. The molecule has 9 heteroatoms. The molecule has 1 saturated carbocycles. The molecule has 3 aromatic rings. The van der Waals surface area contributed by atoms with Crippen LogP contribution in [0.2, 0.25) is 0 Å². The largest absolute Gasteiger partial charge is 0.472 e. The lowest BCUT2D eigenvalue weighted by atomic mass is 10.2. The van der Waals surface area contributed by atoms with Crippen LogP contribution in [0.25, 0.3) is 10.9 Å².